The van der Waals surface area contributed by atoms with Crippen LogP contribution in [0, 0.1) is 0 Å². The zero-order valence-electron chi connectivity index (χ0n) is 8.83. The van der Waals surface area contributed by atoms with Crippen LogP contribution in [-0.4, -0.2) is 23.7 Å². The van der Waals surface area contributed by atoms with Gasteiger partial charge < -0.3 is 0 Å². The van der Waals surface area contributed by atoms with Gasteiger partial charge in [-0.15, -0.1) is 11.6 Å². The molecule has 1 rings (SSSR count). The monoisotopic (exact) mass is 250 g/mol. The summed E-state index contributed by atoms with van der Waals surface area (Å²) in [6, 6.07) is 0. The number of allylic oxidation sites excluding steroid dienone is 4. The third kappa shape index (κ3) is 1.96. The van der Waals surface area contributed by atoms with Gasteiger partial charge in [-0.25, -0.2) is 0 Å². The average molecular weight is 251 g/mol. The molecule has 0 aromatic rings. The molecule has 0 amide bonds. The van der Waals surface area contributed by atoms with Gasteiger partial charge in [-0.1, -0.05) is 41.6 Å². The molecule has 1 atom stereocenters. The van der Waals surface area contributed by atoms with Crippen LogP contribution in [0.1, 0.15) is 6.92 Å². The Bertz CT molecular complexity index is 297. The van der Waals surface area contributed by atoms with Crippen molar-refractivity contribution in [1.82, 2.24) is 0 Å². The van der Waals surface area contributed by atoms with Crippen molar-refractivity contribution in [1.29, 1.82) is 0 Å². The van der Waals surface area contributed by atoms with Gasteiger partial charge in [0, 0.05) is 15.3 Å². The molecule has 0 N–H and O–H groups in total. The molecule has 13 heavy (non-hydrogen) atoms. The summed E-state index contributed by atoms with van der Waals surface area (Å²) in [5.74, 6) is 0. The van der Waals surface area contributed by atoms with Crippen molar-refractivity contribution >= 4 is 41.5 Å². The van der Waals surface area contributed by atoms with E-state index in [9.17, 15) is 0 Å². The summed E-state index contributed by atoms with van der Waals surface area (Å²) < 4.78 is 0. The predicted molar refractivity (Wildman–Crippen MR) is 68.5 cm³/mol. The second kappa shape index (κ2) is 3.57. The largest absolute Gasteiger partial charge is 0.112 e. The Balaban J connectivity index is 3.19. The van der Waals surface area contributed by atoms with Crippen LogP contribution >= 0.6 is 23.2 Å². The van der Waals surface area contributed by atoms with Gasteiger partial charge in [0.15, 0.2) is 0 Å². The van der Waals surface area contributed by atoms with Crippen LogP contribution in [-0.2, 0) is 0 Å². The number of halogens is 2. The Morgan fingerprint density at radius 2 is 1.77 bits per heavy atom. The minimum Gasteiger partial charge on any atom is -0.112 e. The van der Waals surface area contributed by atoms with Gasteiger partial charge in [0.1, 0.15) is 0 Å². The van der Waals surface area contributed by atoms with E-state index in [1.807, 2.05) is 0 Å². The molecule has 0 heterocycles. The molecule has 0 fully saturated rings. The van der Waals surface area contributed by atoms with Crippen molar-refractivity contribution in [2.24, 2.45) is 0 Å². The topological polar surface area (TPSA) is 0 Å². The molecule has 0 aromatic heterocycles. The molecule has 1 aliphatic rings. The van der Waals surface area contributed by atoms with E-state index in [2.05, 4.69) is 26.6 Å². The van der Waals surface area contributed by atoms with Gasteiger partial charge in [0.2, 0.25) is 0 Å². The van der Waals surface area contributed by atoms with Crippen molar-refractivity contribution in [3.63, 3.8) is 0 Å². The lowest BCUT2D eigenvalue weighted by molar-refractivity contribution is 1.31. The molecule has 0 saturated carbocycles. The van der Waals surface area contributed by atoms with Crippen molar-refractivity contribution in [3.8, 4) is 0 Å². The van der Waals surface area contributed by atoms with E-state index in [-0.39, 0.29) is 5.38 Å². The van der Waals surface area contributed by atoms with Crippen LogP contribution in [0.2, 0.25) is 19.6 Å². The summed E-state index contributed by atoms with van der Waals surface area (Å²) in [5, 5.41) is 3.78. The first-order valence-corrected chi connectivity index (χ1v) is 9.80. The van der Waals surface area contributed by atoms with E-state index in [0.717, 1.165) is 15.3 Å². The van der Waals surface area contributed by atoms with Gasteiger partial charge in [-0.05, 0) is 12.5 Å². The SMILES string of the molecule is CC1=C(Cl)C(Cl)C([Si](C)(C)C)=C1[SiH3]. The van der Waals surface area contributed by atoms with E-state index >= 15 is 0 Å². The molecule has 0 spiro atoms. The highest BCUT2D eigenvalue weighted by Gasteiger charge is 2.34. The van der Waals surface area contributed by atoms with Gasteiger partial charge >= 0.3 is 0 Å². The quantitative estimate of drug-likeness (QED) is 0.496. The maximum Gasteiger partial charge on any atom is 0.0871 e. The van der Waals surface area contributed by atoms with E-state index in [0.29, 0.717) is 0 Å². The summed E-state index contributed by atoms with van der Waals surface area (Å²) in [6.07, 6.45) is 0. The Labute approximate surface area is 94.4 Å². The van der Waals surface area contributed by atoms with Gasteiger partial charge in [0.25, 0.3) is 0 Å². The number of hydrogen-bond donors (Lipinski definition) is 0. The third-order valence-electron chi connectivity index (χ3n) is 2.61. The fourth-order valence-electron chi connectivity index (χ4n) is 1.83. The summed E-state index contributed by atoms with van der Waals surface area (Å²) in [7, 11) is -0.213. The maximum absolute atomic E-state index is 6.31. The molecule has 1 unspecified atom stereocenters. The molecule has 0 saturated heterocycles. The summed E-state index contributed by atoms with van der Waals surface area (Å²) in [4.78, 5) is 0. The van der Waals surface area contributed by atoms with Crippen LogP contribution < -0.4 is 0 Å². The molecule has 0 radical (unpaired) electrons. The molecule has 0 nitrogen and oxygen atoms in total. The standard InChI is InChI=1S/C9H16Cl2Si2/c1-5-6(10)7(11)9(8(5)12)13(2,3)4/h7H,1-4,12H3. The molecule has 4 heteroatoms. The first-order chi connectivity index (χ1) is 5.76. The molecule has 0 aliphatic heterocycles. The second-order valence-electron chi connectivity index (χ2n) is 4.62. The van der Waals surface area contributed by atoms with Gasteiger partial charge in [-0.2, -0.15) is 0 Å². The lowest BCUT2D eigenvalue weighted by Crippen LogP contribution is -2.29. The first kappa shape index (κ1) is 11.6. The summed E-state index contributed by atoms with van der Waals surface area (Å²) in [6.45, 7) is 9.09. The van der Waals surface area contributed by atoms with Crippen LogP contribution in [0.4, 0.5) is 0 Å². The van der Waals surface area contributed by atoms with E-state index in [4.69, 9.17) is 23.2 Å². The maximum atomic E-state index is 6.31. The Morgan fingerprint density at radius 1 is 1.31 bits per heavy atom. The predicted octanol–water partition coefficient (Wildman–Crippen LogP) is 2.62. The van der Waals surface area contributed by atoms with E-state index in [1.54, 1.807) is 0 Å². The van der Waals surface area contributed by atoms with Crippen molar-refractivity contribution in [3.05, 3.63) is 21.0 Å². The highest BCUT2D eigenvalue weighted by molar-refractivity contribution is 6.85. The molecule has 0 bridgehead atoms. The van der Waals surface area contributed by atoms with E-state index in [1.165, 1.54) is 16.0 Å². The van der Waals surface area contributed by atoms with Crippen LogP contribution in [0.15, 0.2) is 21.0 Å². The normalized spacial score (nSPS) is 24.9. The average Bonchev–Trinajstić information content (AvgIpc) is 2.14. The Morgan fingerprint density at radius 3 is 1.92 bits per heavy atom. The van der Waals surface area contributed by atoms with Crippen molar-refractivity contribution in [2.75, 3.05) is 0 Å². The van der Waals surface area contributed by atoms with Gasteiger partial charge in [-0.3, -0.25) is 0 Å². The van der Waals surface area contributed by atoms with E-state index < -0.39 is 8.07 Å². The smallest absolute Gasteiger partial charge is 0.0871 e. The van der Waals surface area contributed by atoms with Crippen LogP contribution in [0.3, 0.4) is 0 Å². The summed E-state index contributed by atoms with van der Waals surface area (Å²) in [5.41, 5.74) is 1.24. The minimum atomic E-state index is -1.28. The highest BCUT2D eigenvalue weighted by atomic mass is 35.5. The summed E-state index contributed by atoms with van der Waals surface area (Å²) >= 11 is 12.5. The molecular weight excluding hydrogens is 235 g/mol. The van der Waals surface area contributed by atoms with Crippen LogP contribution in [0.5, 0.6) is 0 Å². The lowest BCUT2D eigenvalue weighted by Gasteiger charge is -2.23. The Hall–Kier alpha value is 0.494. The molecule has 74 valence electrons. The second-order valence-corrected chi connectivity index (χ2v) is 11.5. The van der Waals surface area contributed by atoms with Crippen LogP contribution in [0.25, 0.3) is 0 Å². The van der Waals surface area contributed by atoms with Gasteiger partial charge in [0.05, 0.1) is 13.5 Å². The molecule has 0 aromatic carbocycles. The fraction of sp³-hybridized carbons (Fsp3) is 0.556. The third-order valence-corrected chi connectivity index (χ3v) is 7.91. The fourth-order valence-corrected chi connectivity index (χ4v) is 8.85. The first-order valence-electron chi connectivity index (χ1n) is 4.48. The minimum absolute atomic E-state index is 0.0131. The Kier molecular flexibility index (Phi) is 3.18. The number of alkyl halides is 1. The highest BCUT2D eigenvalue weighted by Crippen LogP contribution is 2.40. The number of rotatable bonds is 1. The van der Waals surface area contributed by atoms with Crippen molar-refractivity contribution < 1.29 is 0 Å². The zero-order valence-corrected chi connectivity index (χ0v) is 13.3. The number of hydrogen-bond acceptors (Lipinski definition) is 0. The molecular formula is C9H16Cl2Si2. The lowest BCUT2D eigenvalue weighted by atomic mass is 10.3. The zero-order chi connectivity index (χ0) is 10.4. The molecule has 1 aliphatic carbocycles. The van der Waals surface area contributed by atoms with Crippen molar-refractivity contribution in [2.45, 2.75) is 31.9 Å².